The Morgan fingerprint density at radius 3 is 2.61 bits per heavy atom. The molecule has 2 N–H and O–H groups in total. The van der Waals surface area contributed by atoms with Crippen LogP contribution >= 0.6 is 0 Å². The van der Waals surface area contributed by atoms with E-state index in [0.29, 0.717) is 0 Å². The van der Waals surface area contributed by atoms with Gasteiger partial charge in [-0.15, -0.1) is 0 Å². The average molecular weight is 238 g/mol. The molecule has 0 aliphatic rings. The molecular weight excluding hydrogens is 224 g/mol. The Hall–Kier alpha value is -2.36. The van der Waals surface area contributed by atoms with Gasteiger partial charge in [-0.25, -0.2) is 9.97 Å². The van der Waals surface area contributed by atoms with E-state index in [0.717, 1.165) is 33.9 Å². The quantitative estimate of drug-likeness (QED) is 0.721. The topological polar surface area (TPSA) is 53.6 Å². The van der Waals surface area contributed by atoms with E-state index in [4.69, 9.17) is 0 Å². The van der Waals surface area contributed by atoms with Crippen molar-refractivity contribution in [2.24, 2.45) is 0 Å². The summed E-state index contributed by atoms with van der Waals surface area (Å²) >= 11 is 0. The number of nitrogens with zero attached hydrogens (tertiary/aromatic N) is 2. The van der Waals surface area contributed by atoms with Crippen LogP contribution in [0.5, 0.6) is 0 Å². The molecule has 4 heteroatoms. The summed E-state index contributed by atoms with van der Waals surface area (Å²) in [5.74, 6) is 1.58. The normalized spacial score (nSPS) is 10.8. The molecule has 0 atom stereocenters. The van der Waals surface area contributed by atoms with Crippen molar-refractivity contribution in [3.05, 3.63) is 42.1 Å². The lowest BCUT2D eigenvalue weighted by Gasteiger charge is -2.05. The lowest BCUT2D eigenvalue weighted by atomic mass is 10.2. The molecule has 2 aromatic heterocycles. The fourth-order valence-electron chi connectivity index (χ4n) is 2.05. The van der Waals surface area contributed by atoms with Gasteiger partial charge in [-0.1, -0.05) is 30.3 Å². The van der Waals surface area contributed by atoms with Crippen LogP contribution in [0.4, 0.5) is 5.82 Å². The van der Waals surface area contributed by atoms with Crippen LogP contribution in [0.25, 0.3) is 22.4 Å². The van der Waals surface area contributed by atoms with Crippen LogP contribution in [0.3, 0.4) is 0 Å². The van der Waals surface area contributed by atoms with Crippen molar-refractivity contribution in [3.8, 4) is 11.4 Å². The van der Waals surface area contributed by atoms with Crippen LogP contribution in [-0.2, 0) is 0 Å². The summed E-state index contributed by atoms with van der Waals surface area (Å²) in [6, 6.07) is 12.0. The van der Waals surface area contributed by atoms with Crippen molar-refractivity contribution >= 4 is 16.9 Å². The maximum atomic E-state index is 4.57. The maximum absolute atomic E-state index is 4.57. The van der Waals surface area contributed by atoms with Crippen molar-refractivity contribution in [3.63, 3.8) is 0 Å². The van der Waals surface area contributed by atoms with Gasteiger partial charge in [0.2, 0.25) is 0 Å². The summed E-state index contributed by atoms with van der Waals surface area (Å²) in [4.78, 5) is 12.4. The standard InChI is InChI=1S/C14H14N4/c1-9-8-11-13(15-2)17-12(18-14(11)16-9)10-6-4-3-5-7-10/h3-8H,1-2H3,(H2,15,16,17,18). The number of fused-ring (bicyclic) bond motifs is 1. The third kappa shape index (κ3) is 1.72. The third-order valence-corrected chi connectivity index (χ3v) is 2.89. The Bertz CT molecular complexity index is 686. The first-order valence-electron chi connectivity index (χ1n) is 5.88. The van der Waals surface area contributed by atoms with E-state index in [1.165, 1.54) is 0 Å². The number of H-pyrrole nitrogens is 1. The molecule has 0 aliphatic carbocycles. The Morgan fingerprint density at radius 1 is 1.11 bits per heavy atom. The fourth-order valence-corrected chi connectivity index (χ4v) is 2.05. The number of nitrogens with one attached hydrogen (secondary N) is 2. The first-order chi connectivity index (χ1) is 8.78. The fraction of sp³-hybridized carbons (Fsp3) is 0.143. The molecule has 0 spiro atoms. The minimum atomic E-state index is 0.731. The molecular formula is C14H14N4. The van der Waals surface area contributed by atoms with Crippen molar-refractivity contribution in [1.29, 1.82) is 0 Å². The van der Waals surface area contributed by atoms with Crippen LogP contribution < -0.4 is 5.32 Å². The highest BCUT2D eigenvalue weighted by molar-refractivity contribution is 5.89. The Balaban J connectivity index is 2.25. The zero-order valence-corrected chi connectivity index (χ0v) is 10.4. The molecule has 3 rings (SSSR count). The van der Waals surface area contributed by atoms with Crippen molar-refractivity contribution in [1.82, 2.24) is 15.0 Å². The molecule has 2 heterocycles. The average Bonchev–Trinajstić information content (AvgIpc) is 2.78. The minimum absolute atomic E-state index is 0.731. The second-order valence-electron chi connectivity index (χ2n) is 4.23. The number of anilines is 1. The van der Waals surface area contributed by atoms with Crippen molar-refractivity contribution < 1.29 is 0 Å². The molecule has 0 fully saturated rings. The third-order valence-electron chi connectivity index (χ3n) is 2.89. The first kappa shape index (κ1) is 10.8. The molecule has 90 valence electrons. The number of hydrogen-bond donors (Lipinski definition) is 2. The SMILES string of the molecule is CNc1nc(-c2ccccc2)nc2[nH]c(C)cc12. The molecule has 0 aliphatic heterocycles. The van der Waals surface area contributed by atoms with E-state index >= 15 is 0 Å². The lowest BCUT2D eigenvalue weighted by Crippen LogP contribution is -1.97. The number of aryl methyl sites for hydroxylation is 1. The molecule has 0 radical (unpaired) electrons. The molecule has 4 nitrogen and oxygen atoms in total. The van der Waals surface area contributed by atoms with Crippen molar-refractivity contribution in [2.75, 3.05) is 12.4 Å². The van der Waals surface area contributed by atoms with E-state index in [-0.39, 0.29) is 0 Å². The van der Waals surface area contributed by atoms with E-state index in [9.17, 15) is 0 Å². The molecule has 0 saturated carbocycles. The van der Waals surface area contributed by atoms with Gasteiger partial charge in [-0.3, -0.25) is 0 Å². The smallest absolute Gasteiger partial charge is 0.163 e. The van der Waals surface area contributed by atoms with Crippen LogP contribution in [0, 0.1) is 6.92 Å². The summed E-state index contributed by atoms with van der Waals surface area (Å²) in [5.41, 5.74) is 2.97. The van der Waals surface area contributed by atoms with E-state index < -0.39 is 0 Å². The number of aromatic amines is 1. The number of benzene rings is 1. The Labute approximate surface area is 105 Å². The van der Waals surface area contributed by atoms with Crippen molar-refractivity contribution in [2.45, 2.75) is 6.92 Å². The predicted octanol–water partition coefficient (Wildman–Crippen LogP) is 2.98. The summed E-state index contributed by atoms with van der Waals surface area (Å²) in [7, 11) is 1.87. The highest BCUT2D eigenvalue weighted by Gasteiger charge is 2.09. The molecule has 18 heavy (non-hydrogen) atoms. The van der Waals surface area contributed by atoms with Gasteiger partial charge in [0.25, 0.3) is 0 Å². The van der Waals surface area contributed by atoms with Gasteiger partial charge in [0, 0.05) is 18.3 Å². The predicted molar refractivity (Wildman–Crippen MR) is 73.6 cm³/mol. The van der Waals surface area contributed by atoms with Crippen LogP contribution in [0.1, 0.15) is 5.69 Å². The summed E-state index contributed by atoms with van der Waals surface area (Å²) in [6.45, 7) is 2.02. The van der Waals surface area contributed by atoms with Crippen LogP contribution in [-0.4, -0.2) is 22.0 Å². The second-order valence-corrected chi connectivity index (χ2v) is 4.23. The maximum Gasteiger partial charge on any atom is 0.163 e. The zero-order valence-electron chi connectivity index (χ0n) is 10.4. The first-order valence-corrected chi connectivity index (χ1v) is 5.88. The monoisotopic (exact) mass is 238 g/mol. The lowest BCUT2D eigenvalue weighted by molar-refractivity contribution is 1.18. The Morgan fingerprint density at radius 2 is 1.89 bits per heavy atom. The highest BCUT2D eigenvalue weighted by atomic mass is 15.0. The largest absolute Gasteiger partial charge is 0.372 e. The van der Waals surface area contributed by atoms with Gasteiger partial charge >= 0.3 is 0 Å². The molecule has 3 aromatic rings. The van der Waals surface area contributed by atoms with Gasteiger partial charge in [-0.05, 0) is 13.0 Å². The highest BCUT2D eigenvalue weighted by Crippen LogP contribution is 2.24. The van der Waals surface area contributed by atoms with E-state index in [1.54, 1.807) is 0 Å². The van der Waals surface area contributed by atoms with Gasteiger partial charge in [-0.2, -0.15) is 0 Å². The van der Waals surface area contributed by atoms with Crippen LogP contribution in [0.15, 0.2) is 36.4 Å². The molecule has 1 aromatic carbocycles. The van der Waals surface area contributed by atoms with Gasteiger partial charge in [0.15, 0.2) is 5.82 Å². The Kier molecular flexibility index (Phi) is 2.48. The van der Waals surface area contributed by atoms with E-state index in [1.807, 2.05) is 44.3 Å². The summed E-state index contributed by atoms with van der Waals surface area (Å²) in [5, 5.41) is 4.15. The number of rotatable bonds is 2. The number of aromatic nitrogens is 3. The molecule has 0 bridgehead atoms. The summed E-state index contributed by atoms with van der Waals surface area (Å²) in [6.07, 6.45) is 0. The second kappa shape index (κ2) is 4.14. The number of hydrogen-bond acceptors (Lipinski definition) is 3. The molecule has 0 amide bonds. The van der Waals surface area contributed by atoms with Gasteiger partial charge < -0.3 is 10.3 Å². The zero-order chi connectivity index (χ0) is 12.5. The summed E-state index contributed by atoms with van der Waals surface area (Å²) < 4.78 is 0. The van der Waals surface area contributed by atoms with Crippen LogP contribution in [0.2, 0.25) is 0 Å². The molecule has 0 saturated heterocycles. The van der Waals surface area contributed by atoms with Gasteiger partial charge in [0.05, 0.1) is 5.39 Å². The molecule has 0 unspecified atom stereocenters. The van der Waals surface area contributed by atoms with Gasteiger partial charge in [0.1, 0.15) is 11.5 Å². The minimum Gasteiger partial charge on any atom is -0.372 e. The van der Waals surface area contributed by atoms with E-state index in [2.05, 4.69) is 26.3 Å².